The Morgan fingerprint density at radius 3 is 2.09 bits per heavy atom. The maximum atomic E-state index is 14.4. The minimum absolute atomic E-state index is 0.0397. The molecule has 0 N–H and O–H groups in total. The van der Waals surface area contributed by atoms with E-state index in [1.807, 2.05) is 29.4 Å². The lowest BCUT2D eigenvalue weighted by molar-refractivity contribution is -0.143. The van der Waals surface area contributed by atoms with Crippen molar-refractivity contribution in [3.63, 3.8) is 0 Å². The molecule has 4 heterocycles. The highest BCUT2D eigenvalue weighted by atomic mass is 16.5. The van der Waals surface area contributed by atoms with Crippen LogP contribution in [0.3, 0.4) is 0 Å². The summed E-state index contributed by atoms with van der Waals surface area (Å²) >= 11 is 0. The second kappa shape index (κ2) is 20.7. The molecule has 2 aliphatic rings. The molecule has 2 aromatic carbocycles. The lowest BCUT2D eigenvalue weighted by Crippen LogP contribution is -2.45. The predicted octanol–water partition coefficient (Wildman–Crippen LogP) is 8.19. The predicted molar refractivity (Wildman–Crippen MR) is 224 cm³/mol. The monoisotopic (exact) mass is 775 g/mol. The van der Waals surface area contributed by atoms with Crippen molar-refractivity contribution in [2.45, 2.75) is 103 Å². The summed E-state index contributed by atoms with van der Waals surface area (Å²) in [5.41, 5.74) is 2.39. The van der Waals surface area contributed by atoms with Gasteiger partial charge in [-0.2, -0.15) is 0 Å². The van der Waals surface area contributed by atoms with Crippen molar-refractivity contribution in [2.24, 2.45) is 5.92 Å². The summed E-state index contributed by atoms with van der Waals surface area (Å²) in [6.45, 7) is 4.23. The molecule has 1 fully saturated rings. The Balaban J connectivity index is 0.939. The van der Waals surface area contributed by atoms with Gasteiger partial charge in [0, 0.05) is 55.4 Å². The number of hydrogen-bond acceptors (Lipinski definition) is 8. The van der Waals surface area contributed by atoms with E-state index in [9.17, 15) is 24.0 Å². The third-order valence-corrected chi connectivity index (χ3v) is 11.3. The van der Waals surface area contributed by atoms with Crippen LogP contribution in [0, 0.1) is 5.92 Å². The minimum atomic E-state index is -0.487. The van der Waals surface area contributed by atoms with Crippen LogP contribution in [-0.2, 0) is 20.9 Å². The Labute approximate surface area is 336 Å². The van der Waals surface area contributed by atoms with Crippen LogP contribution in [0.5, 0.6) is 0 Å². The van der Waals surface area contributed by atoms with E-state index in [2.05, 4.69) is 22.0 Å². The number of anilines is 2. The van der Waals surface area contributed by atoms with Crippen LogP contribution in [0.1, 0.15) is 118 Å². The van der Waals surface area contributed by atoms with Gasteiger partial charge in [-0.1, -0.05) is 101 Å². The Bertz CT molecular complexity index is 2020. The third kappa shape index (κ3) is 10.8. The smallest absolute Gasteiger partial charge is 0.326 e. The average molecular weight is 776 g/mol. The summed E-state index contributed by atoms with van der Waals surface area (Å²) < 4.78 is 6.44. The van der Waals surface area contributed by atoms with Gasteiger partial charge >= 0.3 is 5.97 Å². The number of ether oxygens (including phenoxy) is 1. The molecule has 57 heavy (non-hydrogen) atoms. The van der Waals surface area contributed by atoms with Gasteiger partial charge in [-0.25, -0.2) is 0 Å². The molecule has 0 radical (unpaired) electrons. The van der Waals surface area contributed by atoms with Crippen LogP contribution in [0.15, 0.2) is 84.0 Å². The number of fused-ring (bicyclic) bond motifs is 2. The van der Waals surface area contributed by atoms with Gasteiger partial charge in [0.1, 0.15) is 6.54 Å². The lowest BCUT2D eigenvalue weighted by Gasteiger charge is -2.36. The van der Waals surface area contributed by atoms with Crippen molar-refractivity contribution < 1.29 is 23.9 Å². The van der Waals surface area contributed by atoms with E-state index >= 15 is 0 Å². The van der Waals surface area contributed by atoms with Crippen molar-refractivity contribution >= 4 is 45.8 Å². The van der Waals surface area contributed by atoms with Gasteiger partial charge in [-0.3, -0.25) is 33.9 Å². The molecule has 6 rings (SSSR count). The van der Waals surface area contributed by atoms with Crippen LogP contribution in [-0.4, -0.2) is 70.9 Å². The van der Waals surface area contributed by atoms with E-state index in [0.717, 1.165) is 87.2 Å². The van der Waals surface area contributed by atoms with Gasteiger partial charge < -0.3 is 19.1 Å². The zero-order valence-electron chi connectivity index (χ0n) is 33.4. The van der Waals surface area contributed by atoms with Gasteiger partial charge in [0.15, 0.2) is 0 Å². The van der Waals surface area contributed by atoms with Gasteiger partial charge in [0.25, 0.3) is 17.4 Å². The highest BCUT2D eigenvalue weighted by molar-refractivity contribution is 6.21. The van der Waals surface area contributed by atoms with Crippen molar-refractivity contribution in [1.29, 1.82) is 0 Å². The van der Waals surface area contributed by atoms with Crippen LogP contribution < -0.4 is 15.4 Å². The molecule has 4 aromatic rings. The molecule has 2 aliphatic heterocycles. The van der Waals surface area contributed by atoms with E-state index in [-0.39, 0.29) is 42.4 Å². The summed E-state index contributed by atoms with van der Waals surface area (Å²) in [4.78, 5) is 74.5. The molecule has 0 spiro atoms. The van der Waals surface area contributed by atoms with Crippen LogP contribution in [0.2, 0.25) is 0 Å². The van der Waals surface area contributed by atoms with Gasteiger partial charge in [0.05, 0.1) is 41.2 Å². The molecule has 11 nitrogen and oxygen atoms in total. The first-order chi connectivity index (χ1) is 27.9. The van der Waals surface area contributed by atoms with Crippen molar-refractivity contribution in [2.75, 3.05) is 42.6 Å². The number of imide groups is 1. The van der Waals surface area contributed by atoms with Crippen molar-refractivity contribution in [3.8, 4) is 0 Å². The molecule has 1 saturated heterocycles. The number of hydrogen-bond donors (Lipinski definition) is 0. The zero-order chi connectivity index (χ0) is 40.0. The molecule has 3 amide bonds. The first kappa shape index (κ1) is 41.3. The molecule has 0 aliphatic carbocycles. The topological polar surface area (TPSA) is 122 Å². The Morgan fingerprint density at radius 2 is 1.40 bits per heavy atom. The molecule has 2 aromatic heterocycles. The van der Waals surface area contributed by atoms with Crippen LogP contribution in [0.25, 0.3) is 10.8 Å². The van der Waals surface area contributed by atoms with Gasteiger partial charge in [0.2, 0.25) is 5.91 Å². The van der Waals surface area contributed by atoms with Gasteiger partial charge in [-0.05, 0) is 50.8 Å². The summed E-state index contributed by atoms with van der Waals surface area (Å²) in [5.74, 6) is -1.01. The molecule has 302 valence electrons. The number of benzene rings is 2. The molecule has 0 saturated carbocycles. The number of unbranched alkanes of at least 4 members (excludes halogenated alkanes) is 11. The number of pyridine rings is 2. The Hall–Kier alpha value is -5.32. The average Bonchev–Trinajstić information content (AvgIpc) is 3.47. The van der Waals surface area contributed by atoms with E-state index in [0.29, 0.717) is 36.4 Å². The fourth-order valence-electron chi connectivity index (χ4n) is 8.23. The second-order valence-electron chi connectivity index (χ2n) is 15.4. The van der Waals surface area contributed by atoms with E-state index < -0.39 is 5.97 Å². The van der Waals surface area contributed by atoms with Crippen molar-refractivity contribution in [3.05, 3.63) is 101 Å². The molecule has 0 bridgehead atoms. The SMILES string of the molecule is CCOC(=O)Cn1cc(N(CCCCCCCCCCCCCCN2C(=O)c3ccccc3C2=O)C(=O)[C@H]2CCCN(c3cncc4ccccc34)C2)ccc1=O. The van der Waals surface area contributed by atoms with Gasteiger partial charge in [-0.15, -0.1) is 0 Å². The number of rotatable bonds is 21. The number of nitrogens with zero attached hydrogens (tertiary/aromatic N) is 5. The number of piperidine rings is 1. The highest BCUT2D eigenvalue weighted by Gasteiger charge is 2.34. The second-order valence-corrected chi connectivity index (χ2v) is 15.4. The molecule has 0 unspecified atom stereocenters. The Kier molecular flexibility index (Phi) is 15.0. The number of carbonyl (C=O) groups is 4. The summed E-state index contributed by atoms with van der Waals surface area (Å²) in [5, 5.41) is 2.19. The zero-order valence-corrected chi connectivity index (χ0v) is 33.4. The highest BCUT2D eigenvalue weighted by Crippen LogP contribution is 2.31. The van der Waals surface area contributed by atoms with E-state index in [1.54, 1.807) is 43.5 Å². The normalized spacial score (nSPS) is 15.3. The minimum Gasteiger partial charge on any atom is -0.465 e. The maximum absolute atomic E-state index is 14.4. The van der Waals surface area contributed by atoms with Crippen LogP contribution in [0.4, 0.5) is 11.4 Å². The number of amides is 3. The fourth-order valence-corrected chi connectivity index (χ4v) is 8.23. The summed E-state index contributed by atoms with van der Waals surface area (Å²) in [7, 11) is 0. The number of carbonyl (C=O) groups excluding carboxylic acids is 4. The molecular weight excluding hydrogens is 719 g/mol. The Morgan fingerprint density at radius 1 is 0.772 bits per heavy atom. The summed E-state index contributed by atoms with van der Waals surface area (Å²) in [6.07, 6.45) is 20.0. The fraction of sp³-hybridized carbons (Fsp3) is 0.478. The molecule has 11 heteroatoms. The standard InChI is InChI=1S/C46H57N5O6/c1-2-57-43(53)34-49-33-37(25-26-42(49)52)50(44(54)36-21-19-27-48(32-36)41-31-47-30-35-20-13-14-22-38(35)41)28-17-11-9-7-5-3-4-6-8-10-12-18-29-51-45(55)39-23-15-16-24-40(39)46(51)56/h13-16,20,22-26,30-31,33,36H,2-12,17-19,21,27-29,32,34H2,1H3/t36-/m0/s1. The van der Waals surface area contributed by atoms with Crippen LogP contribution >= 0.6 is 0 Å². The number of esters is 1. The van der Waals surface area contributed by atoms with Crippen molar-refractivity contribution in [1.82, 2.24) is 14.5 Å². The maximum Gasteiger partial charge on any atom is 0.326 e. The number of aromatic nitrogens is 2. The molecular formula is C46H57N5O6. The summed E-state index contributed by atoms with van der Waals surface area (Å²) in [6, 6.07) is 18.4. The van der Waals surface area contributed by atoms with E-state index in [4.69, 9.17) is 4.74 Å². The largest absolute Gasteiger partial charge is 0.465 e. The van der Waals surface area contributed by atoms with E-state index in [1.165, 1.54) is 41.2 Å². The first-order valence-electron chi connectivity index (χ1n) is 21.1. The third-order valence-electron chi connectivity index (χ3n) is 11.3. The molecule has 1 atom stereocenters. The first-order valence-corrected chi connectivity index (χ1v) is 21.1. The quantitative estimate of drug-likeness (QED) is 0.0472. The lowest BCUT2D eigenvalue weighted by atomic mass is 9.95.